The normalized spacial score (nSPS) is 15.6. The van der Waals surface area contributed by atoms with E-state index in [1.165, 1.54) is 0 Å². The number of rotatable bonds is 1. The average molecular weight is 165 g/mol. The zero-order valence-electron chi connectivity index (χ0n) is 7.00. The van der Waals surface area contributed by atoms with E-state index in [-0.39, 0.29) is 5.91 Å². The van der Waals surface area contributed by atoms with Crippen LogP contribution in [0.4, 0.5) is 0 Å². The molecular formula is C8H11N3O. The largest absolute Gasteiger partial charge is 0.349 e. The number of nitrogens with zero attached hydrogens (tertiary/aromatic N) is 2. The van der Waals surface area contributed by atoms with Crippen LogP contribution in [0.15, 0.2) is 6.20 Å². The second kappa shape index (κ2) is 2.62. The predicted molar refractivity (Wildman–Crippen MR) is 43.9 cm³/mol. The molecule has 1 N–H and O–H groups in total. The molecule has 0 radical (unpaired) electrons. The van der Waals surface area contributed by atoms with Gasteiger partial charge in [0.15, 0.2) is 0 Å². The summed E-state index contributed by atoms with van der Waals surface area (Å²) in [6.07, 6.45) is 2.64. The molecule has 0 spiro atoms. The van der Waals surface area contributed by atoms with E-state index >= 15 is 0 Å². The van der Waals surface area contributed by atoms with Crippen LogP contribution in [-0.2, 0) is 13.0 Å². The van der Waals surface area contributed by atoms with Gasteiger partial charge < -0.3 is 5.32 Å². The summed E-state index contributed by atoms with van der Waals surface area (Å²) in [7, 11) is 0. The minimum atomic E-state index is 0.00981. The lowest BCUT2D eigenvalue weighted by Gasteiger charge is -2.14. The highest BCUT2D eigenvalue weighted by molar-refractivity contribution is 5.94. The van der Waals surface area contributed by atoms with Gasteiger partial charge in [0.2, 0.25) is 0 Å². The van der Waals surface area contributed by atoms with Gasteiger partial charge in [-0.25, -0.2) is 0 Å². The molecule has 0 fully saturated rings. The summed E-state index contributed by atoms with van der Waals surface area (Å²) in [5, 5.41) is 6.93. The maximum Gasteiger partial charge on any atom is 0.269 e. The quantitative estimate of drug-likeness (QED) is 0.645. The van der Waals surface area contributed by atoms with Crippen LogP contribution < -0.4 is 5.32 Å². The molecular weight excluding hydrogens is 154 g/mol. The second-order valence-electron chi connectivity index (χ2n) is 2.85. The van der Waals surface area contributed by atoms with Crippen molar-refractivity contribution in [3.05, 3.63) is 17.5 Å². The molecule has 12 heavy (non-hydrogen) atoms. The number of amides is 1. The van der Waals surface area contributed by atoms with E-state index in [1.807, 2.05) is 6.92 Å². The van der Waals surface area contributed by atoms with Gasteiger partial charge in [-0.15, -0.1) is 0 Å². The van der Waals surface area contributed by atoms with Crippen molar-refractivity contribution in [2.45, 2.75) is 19.9 Å². The molecule has 1 aromatic rings. The van der Waals surface area contributed by atoms with Gasteiger partial charge >= 0.3 is 0 Å². The lowest BCUT2D eigenvalue weighted by molar-refractivity contribution is 0.0923. The number of hydrogen-bond donors (Lipinski definition) is 1. The predicted octanol–water partition coefficient (Wildman–Crippen LogP) is 0.189. The van der Waals surface area contributed by atoms with E-state index in [0.717, 1.165) is 24.2 Å². The number of carbonyl (C=O) groups excluding carboxylic acids is 1. The molecule has 1 aliphatic heterocycles. The van der Waals surface area contributed by atoms with E-state index in [9.17, 15) is 4.79 Å². The van der Waals surface area contributed by atoms with Crippen molar-refractivity contribution in [2.24, 2.45) is 0 Å². The molecule has 64 valence electrons. The number of carbonyl (C=O) groups is 1. The summed E-state index contributed by atoms with van der Waals surface area (Å²) in [6.45, 7) is 3.51. The molecule has 2 heterocycles. The van der Waals surface area contributed by atoms with Crippen LogP contribution in [0.2, 0.25) is 0 Å². The standard InChI is InChI=1S/C8H11N3O/c1-2-6-5-10-11-4-3-9-8(12)7(6)11/h5H,2-4H2,1H3,(H,9,12). The fourth-order valence-electron chi connectivity index (χ4n) is 1.47. The molecule has 1 aliphatic rings. The minimum Gasteiger partial charge on any atom is -0.349 e. The SMILES string of the molecule is CCc1cnn2c1C(=O)NCC2. The first-order valence-corrected chi connectivity index (χ1v) is 4.16. The molecule has 1 amide bonds. The maximum absolute atomic E-state index is 11.4. The summed E-state index contributed by atoms with van der Waals surface area (Å²) in [6, 6.07) is 0. The summed E-state index contributed by atoms with van der Waals surface area (Å²) < 4.78 is 1.78. The van der Waals surface area contributed by atoms with Crippen LogP contribution in [-0.4, -0.2) is 22.2 Å². The summed E-state index contributed by atoms with van der Waals surface area (Å²) >= 11 is 0. The van der Waals surface area contributed by atoms with Crippen molar-refractivity contribution >= 4 is 5.91 Å². The Morgan fingerprint density at radius 2 is 2.58 bits per heavy atom. The van der Waals surface area contributed by atoms with Gasteiger partial charge in [-0.3, -0.25) is 9.48 Å². The van der Waals surface area contributed by atoms with E-state index in [2.05, 4.69) is 10.4 Å². The summed E-state index contributed by atoms with van der Waals surface area (Å²) in [5.74, 6) is 0.00981. The highest BCUT2D eigenvalue weighted by Gasteiger charge is 2.20. The first-order valence-electron chi connectivity index (χ1n) is 4.16. The van der Waals surface area contributed by atoms with Crippen molar-refractivity contribution in [3.63, 3.8) is 0 Å². The molecule has 4 heteroatoms. The molecule has 0 atom stereocenters. The Morgan fingerprint density at radius 3 is 3.33 bits per heavy atom. The zero-order valence-corrected chi connectivity index (χ0v) is 7.00. The zero-order chi connectivity index (χ0) is 8.55. The number of nitrogens with one attached hydrogen (secondary N) is 1. The first kappa shape index (κ1) is 7.34. The summed E-state index contributed by atoms with van der Waals surface area (Å²) in [4.78, 5) is 11.4. The fourth-order valence-corrected chi connectivity index (χ4v) is 1.47. The lowest BCUT2D eigenvalue weighted by atomic mass is 10.2. The number of aryl methyl sites for hydroxylation is 1. The van der Waals surface area contributed by atoms with Crippen LogP contribution in [0.25, 0.3) is 0 Å². The summed E-state index contributed by atoms with van der Waals surface area (Å²) in [5.41, 5.74) is 1.77. The van der Waals surface area contributed by atoms with Crippen molar-refractivity contribution in [2.75, 3.05) is 6.54 Å². The van der Waals surface area contributed by atoms with E-state index in [4.69, 9.17) is 0 Å². The highest BCUT2D eigenvalue weighted by Crippen LogP contribution is 2.11. The minimum absolute atomic E-state index is 0.00981. The number of fused-ring (bicyclic) bond motifs is 1. The van der Waals surface area contributed by atoms with Gasteiger partial charge in [-0.2, -0.15) is 5.10 Å². The van der Waals surface area contributed by atoms with Crippen molar-refractivity contribution in [3.8, 4) is 0 Å². The van der Waals surface area contributed by atoms with Crippen LogP contribution in [0.1, 0.15) is 23.0 Å². The molecule has 4 nitrogen and oxygen atoms in total. The average Bonchev–Trinajstić information content (AvgIpc) is 2.49. The lowest BCUT2D eigenvalue weighted by Crippen LogP contribution is -2.36. The van der Waals surface area contributed by atoms with Crippen molar-refractivity contribution < 1.29 is 4.79 Å². The Hall–Kier alpha value is -1.32. The Labute approximate surface area is 70.6 Å². The molecule has 0 unspecified atom stereocenters. The molecule has 0 aliphatic carbocycles. The van der Waals surface area contributed by atoms with Crippen LogP contribution in [0, 0.1) is 0 Å². The topological polar surface area (TPSA) is 46.9 Å². The maximum atomic E-state index is 11.4. The number of hydrogen-bond acceptors (Lipinski definition) is 2. The van der Waals surface area contributed by atoms with Gasteiger partial charge in [-0.05, 0) is 6.42 Å². The van der Waals surface area contributed by atoms with Crippen molar-refractivity contribution in [1.82, 2.24) is 15.1 Å². The van der Waals surface area contributed by atoms with Crippen LogP contribution in [0.3, 0.4) is 0 Å². The monoisotopic (exact) mass is 165 g/mol. The Bertz CT molecular complexity index is 303. The van der Waals surface area contributed by atoms with E-state index < -0.39 is 0 Å². The third kappa shape index (κ3) is 0.913. The van der Waals surface area contributed by atoms with Gasteiger partial charge in [-0.1, -0.05) is 6.92 Å². The smallest absolute Gasteiger partial charge is 0.269 e. The highest BCUT2D eigenvalue weighted by atomic mass is 16.2. The first-order chi connectivity index (χ1) is 5.83. The van der Waals surface area contributed by atoms with Crippen molar-refractivity contribution in [1.29, 1.82) is 0 Å². The van der Waals surface area contributed by atoms with Crippen LogP contribution in [0.5, 0.6) is 0 Å². The van der Waals surface area contributed by atoms with Gasteiger partial charge in [0, 0.05) is 12.1 Å². The second-order valence-corrected chi connectivity index (χ2v) is 2.85. The number of aromatic nitrogens is 2. The Balaban J connectivity index is 2.50. The molecule has 0 saturated heterocycles. The molecule has 1 aromatic heterocycles. The molecule has 2 rings (SSSR count). The van der Waals surface area contributed by atoms with Gasteiger partial charge in [0.25, 0.3) is 5.91 Å². The fraction of sp³-hybridized carbons (Fsp3) is 0.500. The van der Waals surface area contributed by atoms with E-state index in [0.29, 0.717) is 6.54 Å². The van der Waals surface area contributed by atoms with Crippen LogP contribution >= 0.6 is 0 Å². The Kier molecular flexibility index (Phi) is 1.60. The molecule has 0 bridgehead atoms. The third-order valence-electron chi connectivity index (χ3n) is 2.12. The molecule has 0 saturated carbocycles. The molecule has 0 aromatic carbocycles. The third-order valence-corrected chi connectivity index (χ3v) is 2.12. The van der Waals surface area contributed by atoms with Gasteiger partial charge in [0.05, 0.1) is 12.7 Å². The van der Waals surface area contributed by atoms with Gasteiger partial charge in [0.1, 0.15) is 5.69 Å². The Morgan fingerprint density at radius 1 is 1.75 bits per heavy atom. The van der Waals surface area contributed by atoms with E-state index in [1.54, 1.807) is 10.9 Å².